The second-order valence-electron chi connectivity index (χ2n) is 4.06. The Hall–Kier alpha value is -0.870. The standard InChI is InChI=1S/C11H15ClN2O2/c1-14-11(9(12)7-13-14)10(15)5-4-8-3-2-6-16-8/h7-8H,2-6H2,1H3. The molecule has 0 N–H and O–H groups in total. The summed E-state index contributed by atoms with van der Waals surface area (Å²) in [4.78, 5) is 11.9. The molecule has 0 aliphatic carbocycles. The Balaban J connectivity index is 1.92. The van der Waals surface area contributed by atoms with Crippen molar-refractivity contribution in [2.75, 3.05) is 6.61 Å². The summed E-state index contributed by atoms with van der Waals surface area (Å²) in [6, 6.07) is 0. The van der Waals surface area contributed by atoms with Crippen LogP contribution in [0.5, 0.6) is 0 Å². The van der Waals surface area contributed by atoms with Crippen LogP contribution >= 0.6 is 11.6 Å². The van der Waals surface area contributed by atoms with Crippen LogP contribution in [0.3, 0.4) is 0 Å². The van der Waals surface area contributed by atoms with Gasteiger partial charge in [-0.1, -0.05) is 11.6 Å². The van der Waals surface area contributed by atoms with Crippen LogP contribution in [-0.4, -0.2) is 28.3 Å². The van der Waals surface area contributed by atoms with Crippen molar-refractivity contribution in [2.24, 2.45) is 7.05 Å². The number of aryl methyl sites for hydroxylation is 1. The van der Waals surface area contributed by atoms with E-state index in [4.69, 9.17) is 16.3 Å². The molecule has 0 spiro atoms. The van der Waals surface area contributed by atoms with Crippen LogP contribution < -0.4 is 0 Å². The number of nitrogens with zero attached hydrogens (tertiary/aromatic N) is 2. The van der Waals surface area contributed by atoms with Gasteiger partial charge in [0.25, 0.3) is 0 Å². The van der Waals surface area contributed by atoms with Crippen molar-refractivity contribution in [3.63, 3.8) is 0 Å². The summed E-state index contributed by atoms with van der Waals surface area (Å²) in [6.07, 6.45) is 5.17. The monoisotopic (exact) mass is 242 g/mol. The minimum absolute atomic E-state index is 0.0421. The molecule has 1 fully saturated rings. The molecule has 1 aliphatic rings. The smallest absolute Gasteiger partial charge is 0.182 e. The number of ether oxygens (including phenoxy) is 1. The van der Waals surface area contributed by atoms with Gasteiger partial charge in [0.2, 0.25) is 0 Å². The van der Waals surface area contributed by atoms with Gasteiger partial charge in [-0.15, -0.1) is 0 Å². The Bertz CT molecular complexity index is 364. The molecule has 1 aromatic heterocycles. The summed E-state index contributed by atoms with van der Waals surface area (Å²) in [5.74, 6) is 0.0421. The summed E-state index contributed by atoms with van der Waals surface area (Å²) in [7, 11) is 1.73. The Morgan fingerprint density at radius 1 is 1.75 bits per heavy atom. The number of halogens is 1. The maximum absolute atomic E-state index is 11.9. The molecule has 88 valence electrons. The highest BCUT2D eigenvalue weighted by Gasteiger charge is 2.20. The third kappa shape index (κ3) is 2.44. The third-order valence-corrected chi connectivity index (χ3v) is 3.15. The van der Waals surface area contributed by atoms with E-state index in [0.29, 0.717) is 17.1 Å². The van der Waals surface area contributed by atoms with E-state index < -0.39 is 0 Å². The molecule has 1 saturated heterocycles. The zero-order valence-corrected chi connectivity index (χ0v) is 10.0. The highest BCUT2D eigenvalue weighted by Crippen LogP contribution is 2.20. The van der Waals surface area contributed by atoms with Crippen molar-refractivity contribution in [3.8, 4) is 0 Å². The van der Waals surface area contributed by atoms with Gasteiger partial charge in [-0.3, -0.25) is 9.48 Å². The van der Waals surface area contributed by atoms with Gasteiger partial charge in [-0.25, -0.2) is 0 Å². The van der Waals surface area contributed by atoms with Crippen LogP contribution in [0, 0.1) is 0 Å². The van der Waals surface area contributed by atoms with Gasteiger partial charge in [0.1, 0.15) is 5.69 Å². The summed E-state index contributed by atoms with van der Waals surface area (Å²) >= 11 is 5.90. The van der Waals surface area contributed by atoms with E-state index in [0.717, 1.165) is 25.9 Å². The van der Waals surface area contributed by atoms with Crippen LogP contribution in [0.25, 0.3) is 0 Å². The van der Waals surface area contributed by atoms with E-state index in [9.17, 15) is 4.79 Å². The predicted octanol–water partition coefficient (Wildman–Crippen LogP) is 2.22. The van der Waals surface area contributed by atoms with E-state index in [2.05, 4.69) is 5.10 Å². The van der Waals surface area contributed by atoms with E-state index in [-0.39, 0.29) is 11.9 Å². The molecule has 1 atom stereocenters. The fraction of sp³-hybridized carbons (Fsp3) is 0.636. The maximum Gasteiger partial charge on any atom is 0.182 e. The van der Waals surface area contributed by atoms with Gasteiger partial charge in [0, 0.05) is 20.1 Å². The molecule has 4 nitrogen and oxygen atoms in total. The minimum Gasteiger partial charge on any atom is -0.378 e. The Kier molecular flexibility index (Phi) is 3.61. The number of hydrogen-bond acceptors (Lipinski definition) is 3. The molecule has 5 heteroatoms. The van der Waals surface area contributed by atoms with Crippen LogP contribution in [0.1, 0.15) is 36.2 Å². The molecule has 16 heavy (non-hydrogen) atoms. The molecule has 0 amide bonds. The zero-order valence-electron chi connectivity index (χ0n) is 9.28. The molecule has 1 aliphatic heterocycles. The molecule has 0 saturated carbocycles. The second kappa shape index (κ2) is 4.97. The van der Waals surface area contributed by atoms with E-state index in [1.165, 1.54) is 10.9 Å². The number of aromatic nitrogens is 2. The average Bonchev–Trinajstić information content (AvgIpc) is 2.86. The lowest BCUT2D eigenvalue weighted by Gasteiger charge is -2.08. The Morgan fingerprint density at radius 3 is 3.12 bits per heavy atom. The SMILES string of the molecule is Cn1ncc(Cl)c1C(=O)CCC1CCCO1. The number of hydrogen-bond donors (Lipinski definition) is 0. The third-order valence-electron chi connectivity index (χ3n) is 2.88. The molecule has 2 heterocycles. The van der Waals surface area contributed by atoms with Crippen molar-refractivity contribution < 1.29 is 9.53 Å². The fourth-order valence-electron chi connectivity index (χ4n) is 2.01. The lowest BCUT2D eigenvalue weighted by molar-refractivity contribution is 0.0853. The number of rotatable bonds is 4. The molecular weight excluding hydrogens is 228 g/mol. The van der Waals surface area contributed by atoms with E-state index in [1.807, 2.05) is 0 Å². The molecule has 0 radical (unpaired) electrons. The van der Waals surface area contributed by atoms with Crippen LogP contribution in [0.15, 0.2) is 6.20 Å². The summed E-state index contributed by atoms with van der Waals surface area (Å²) in [6.45, 7) is 0.825. The molecule has 1 unspecified atom stereocenters. The number of carbonyl (C=O) groups excluding carboxylic acids is 1. The van der Waals surface area contributed by atoms with Crippen LogP contribution in [0.2, 0.25) is 5.02 Å². The second-order valence-corrected chi connectivity index (χ2v) is 4.47. The van der Waals surface area contributed by atoms with Gasteiger partial charge in [0.15, 0.2) is 5.78 Å². The van der Waals surface area contributed by atoms with Crippen molar-refractivity contribution in [1.29, 1.82) is 0 Å². The average molecular weight is 243 g/mol. The predicted molar refractivity (Wildman–Crippen MR) is 60.8 cm³/mol. The van der Waals surface area contributed by atoms with Crippen molar-refractivity contribution in [2.45, 2.75) is 31.8 Å². The van der Waals surface area contributed by atoms with Crippen molar-refractivity contribution in [3.05, 3.63) is 16.9 Å². The first-order valence-electron chi connectivity index (χ1n) is 5.51. The van der Waals surface area contributed by atoms with Gasteiger partial charge in [-0.05, 0) is 19.3 Å². The first-order chi connectivity index (χ1) is 7.68. The minimum atomic E-state index is 0.0421. The summed E-state index contributed by atoms with van der Waals surface area (Å²) in [5, 5.41) is 4.38. The fourth-order valence-corrected chi connectivity index (χ4v) is 2.28. The molecule has 1 aromatic rings. The quantitative estimate of drug-likeness (QED) is 0.761. The molecule has 2 rings (SSSR count). The van der Waals surface area contributed by atoms with E-state index in [1.54, 1.807) is 7.05 Å². The first kappa shape index (κ1) is 11.6. The van der Waals surface area contributed by atoms with Crippen molar-refractivity contribution >= 4 is 17.4 Å². The number of ketones is 1. The summed E-state index contributed by atoms with van der Waals surface area (Å²) < 4.78 is 7.00. The van der Waals surface area contributed by atoms with Gasteiger partial charge in [-0.2, -0.15) is 5.10 Å². The lowest BCUT2D eigenvalue weighted by Crippen LogP contribution is -2.12. The first-order valence-corrected chi connectivity index (χ1v) is 5.88. The summed E-state index contributed by atoms with van der Waals surface area (Å²) in [5.41, 5.74) is 0.500. The molecule has 0 bridgehead atoms. The van der Waals surface area contributed by atoms with Crippen LogP contribution in [-0.2, 0) is 11.8 Å². The topological polar surface area (TPSA) is 44.1 Å². The van der Waals surface area contributed by atoms with E-state index >= 15 is 0 Å². The molecular formula is C11H15ClN2O2. The zero-order chi connectivity index (χ0) is 11.5. The lowest BCUT2D eigenvalue weighted by atomic mass is 10.1. The van der Waals surface area contributed by atoms with Crippen molar-refractivity contribution in [1.82, 2.24) is 9.78 Å². The van der Waals surface area contributed by atoms with Gasteiger partial charge in [0.05, 0.1) is 17.3 Å². The highest BCUT2D eigenvalue weighted by molar-refractivity contribution is 6.33. The van der Waals surface area contributed by atoms with Gasteiger partial charge < -0.3 is 4.74 Å². The maximum atomic E-state index is 11.9. The van der Waals surface area contributed by atoms with Gasteiger partial charge >= 0.3 is 0 Å². The van der Waals surface area contributed by atoms with Crippen LogP contribution in [0.4, 0.5) is 0 Å². The largest absolute Gasteiger partial charge is 0.378 e. The normalized spacial score (nSPS) is 20.2. The highest BCUT2D eigenvalue weighted by atomic mass is 35.5. The number of carbonyl (C=O) groups is 1. The Labute approximate surface area is 99.5 Å². The molecule has 0 aromatic carbocycles. The number of Topliss-reactive ketones (excluding diaryl/α,β-unsaturated/α-hetero) is 1. The Morgan fingerprint density at radius 2 is 2.56 bits per heavy atom.